The molecule has 0 bridgehead atoms. The highest BCUT2D eigenvalue weighted by atomic mass is 32.2. The van der Waals surface area contributed by atoms with Crippen molar-refractivity contribution in [2.24, 2.45) is 0 Å². The Morgan fingerprint density at radius 2 is 2.37 bits per heavy atom. The van der Waals surface area contributed by atoms with Gasteiger partial charge in [0, 0.05) is 37.1 Å². The molecule has 5 nitrogen and oxygen atoms in total. The van der Waals surface area contributed by atoms with Gasteiger partial charge in [-0.25, -0.2) is 0 Å². The molecule has 0 amide bonds. The molecule has 1 atom stereocenters. The third kappa shape index (κ3) is 3.94. The number of aromatic nitrogens is 3. The Morgan fingerprint density at radius 3 is 3.11 bits per heavy atom. The number of likely N-dealkylation sites (N-methyl/N-ethyl adjacent to an activating group) is 1. The standard InChI is InChI=1S/C13H23N5S/c1-17(13-4-7-19-10-13)5-6-18-9-12(15-16-18)8-14-11-2-3-11/h9,11,13-14H,2-8,10H2,1H3. The van der Waals surface area contributed by atoms with Gasteiger partial charge in [-0.1, -0.05) is 5.21 Å². The summed E-state index contributed by atoms with van der Waals surface area (Å²) < 4.78 is 1.97. The van der Waals surface area contributed by atoms with Crippen molar-refractivity contribution >= 4 is 11.8 Å². The highest BCUT2D eigenvalue weighted by molar-refractivity contribution is 7.99. The molecule has 0 radical (unpaired) electrons. The Bertz CT molecular complexity index is 397. The van der Waals surface area contributed by atoms with E-state index in [0.717, 1.165) is 37.4 Å². The van der Waals surface area contributed by atoms with E-state index in [1.807, 2.05) is 4.68 Å². The Balaban J connectivity index is 1.41. The van der Waals surface area contributed by atoms with Crippen LogP contribution in [0.25, 0.3) is 0 Å². The second-order valence-corrected chi connectivity index (χ2v) is 6.78. The predicted molar refractivity (Wildman–Crippen MR) is 78.2 cm³/mol. The van der Waals surface area contributed by atoms with Gasteiger partial charge in [0.1, 0.15) is 0 Å². The number of thioether (sulfide) groups is 1. The van der Waals surface area contributed by atoms with Crippen molar-refractivity contribution in [2.75, 3.05) is 25.1 Å². The van der Waals surface area contributed by atoms with Crippen LogP contribution in [0.4, 0.5) is 0 Å². The number of hydrogen-bond acceptors (Lipinski definition) is 5. The third-order valence-electron chi connectivity index (χ3n) is 3.95. The maximum atomic E-state index is 4.22. The van der Waals surface area contributed by atoms with E-state index in [9.17, 15) is 0 Å². The molecule has 0 spiro atoms. The molecule has 1 saturated heterocycles. The molecular formula is C13H23N5S. The molecule has 19 heavy (non-hydrogen) atoms. The van der Waals surface area contributed by atoms with Gasteiger partial charge in [-0.3, -0.25) is 4.68 Å². The van der Waals surface area contributed by atoms with Crippen LogP contribution in [0.1, 0.15) is 25.0 Å². The smallest absolute Gasteiger partial charge is 0.0964 e. The molecular weight excluding hydrogens is 258 g/mol. The van der Waals surface area contributed by atoms with Gasteiger partial charge < -0.3 is 10.2 Å². The van der Waals surface area contributed by atoms with E-state index >= 15 is 0 Å². The molecule has 1 aromatic rings. The minimum absolute atomic E-state index is 0.733. The lowest BCUT2D eigenvalue weighted by Gasteiger charge is -2.22. The quantitative estimate of drug-likeness (QED) is 0.807. The van der Waals surface area contributed by atoms with Crippen LogP contribution in [0.2, 0.25) is 0 Å². The molecule has 1 saturated carbocycles. The Kier molecular flexibility index (Phi) is 4.40. The molecule has 6 heteroatoms. The lowest BCUT2D eigenvalue weighted by Crippen LogP contribution is -2.34. The van der Waals surface area contributed by atoms with Gasteiger partial charge >= 0.3 is 0 Å². The molecule has 1 aromatic heterocycles. The van der Waals surface area contributed by atoms with E-state index in [1.54, 1.807) is 0 Å². The van der Waals surface area contributed by atoms with Gasteiger partial charge in [0.2, 0.25) is 0 Å². The first kappa shape index (κ1) is 13.4. The number of nitrogens with one attached hydrogen (secondary N) is 1. The molecule has 106 valence electrons. The minimum Gasteiger partial charge on any atom is -0.308 e. The third-order valence-corrected chi connectivity index (χ3v) is 5.09. The van der Waals surface area contributed by atoms with Crippen molar-refractivity contribution in [3.05, 3.63) is 11.9 Å². The van der Waals surface area contributed by atoms with Crippen molar-refractivity contribution in [3.63, 3.8) is 0 Å². The topological polar surface area (TPSA) is 46.0 Å². The van der Waals surface area contributed by atoms with Crippen LogP contribution in [0, 0.1) is 0 Å². The van der Waals surface area contributed by atoms with Gasteiger partial charge in [0.05, 0.1) is 12.2 Å². The first-order valence-corrected chi connectivity index (χ1v) is 8.37. The molecule has 3 rings (SSSR count). The van der Waals surface area contributed by atoms with E-state index < -0.39 is 0 Å². The Morgan fingerprint density at radius 1 is 1.47 bits per heavy atom. The summed E-state index contributed by atoms with van der Waals surface area (Å²) in [7, 11) is 2.23. The zero-order valence-corrected chi connectivity index (χ0v) is 12.4. The summed E-state index contributed by atoms with van der Waals surface area (Å²) in [5.74, 6) is 2.60. The largest absolute Gasteiger partial charge is 0.308 e. The Hall–Kier alpha value is -0.590. The van der Waals surface area contributed by atoms with E-state index in [0.29, 0.717) is 0 Å². The van der Waals surface area contributed by atoms with E-state index in [-0.39, 0.29) is 0 Å². The summed E-state index contributed by atoms with van der Waals surface area (Å²) in [5, 5.41) is 11.9. The lowest BCUT2D eigenvalue weighted by atomic mass is 10.2. The van der Waals surface area contributed by atoms with Crippen molar-refractivity contribution in [3.8, 4) is 0 Å². The van der Waals surface area contributed by atoms with Crippen molar-refractivity contribution < 1.29 is 0 Å². The van der Waals surface area contributed by atoms with Gasteiger partial charge in [0.25, 0.3) is 0 Å². The Labute approximate surface area is 119 Å². The first-order chi connectivity index (χ1) is 9.31. The maximum absolute atomic E-state index is 4.22. The summed E-state index contributed by atoms with van der Waals surface area (Å²) in [6.07, 6.45) is 6.04. The summed E-state index contributed by atoms with van der Waals surface area (Å²) >= 11 is 2.07. The molecule has 1 unspecified atom stereocenters. The second-order valence-electron chi connectivity index (χ2n) is 5.63. The molecule has 1 N–H and O–H groups in total. The maximum Gasteiger partial charge on any atom is 0.0964 e. The molecule has 2 heterocycles. The summed E-state index contributed by atoms with van der Waals surface area (Å²) in [4.78, 5) is 2.46. The van der Waals surface area contributed by atoms with E-state index in [2.05, 4.69) is 45.5 Å². The van der Waals surface area contributed by atoms with Crippen molar-refractivity contribution in [1.82, 2.24) is 25.2 Å². The molecule has 1 aliphatic carbocycles. The van der Waals surface area contributed by atoms with Crippen molar-refractivity contribution in [1.29, 1.82) is 0 Å². The van der Waals surface area contributed by atoms with Crippen LogP contribution in [0.15, 0.2) is 6.20 Å². The summed E-state index contributed by atoms with van der Waals surface area (Å²) in [5.41, 5.74) is 1.06. The van der Waals surface area contributed by atoms with Crippen LogP contribution in [-0.2, 0) is 13.1 Å². The highest BCUT2D eigenvalue weighted by Gasteiger charge is 2.21. The number of nitrogens with zero attached hydrogens (tertiary/aromatic N) is 4. The first-order valence-electron chi connectivity index (χ1n) is 7.21. The molecule has 2 aliphatic rings. The summed E-state index contributed by atoms with van der Waals surface area (Å²) in [6, 6.07) is 1.49. The summed E-state index contributed by atoms with van der Waals surface area (Å²) in [6.45, 7) is 2.86. The monoisotopic (exact) mass is 281 g/mol. The number of rotatable bonds is 7. The second kappa shape index (κ2) is 6.24. The highest BCUT2D eigenvalue weighted by Crippen LogP contribution is 2.21. The lowest BCUT2D eigenvalue weighted by molar-refractivity contribution is 0.248. The van der Waals surface area contributed by atoms with Gasteiger partial charge in [0.15, 0.2) is 0 Å². The zero-order chi connectivity index (χ0) is 13.1. The predicted octanol–water partition coefficient (Wildman–Crippen LogP) is 0.967. The molecule has 1 aliphatic heterocycles. The average Bonchev–Trinajstić information content (AvgIpc) is 2.94. The fraction of sp³-hybridized carbons (Fsp3) is 0.846. The van der Waals surface area contributed by atoms with Crippen molar-refractivity contribution in [2.45, 2.75) is 44.4 Å². The van der Waals surface area contributed by atoms with Crippen LogP contribution in [-0.4, -0.2) is 57.1 Å². The van der Waals surface area contributed by atoms with Crippen LogP contribution < -0.4 is 5.32 Å². The van der Waals surface area contributed by atoms with Crippen LogP contribution >= 0.6 is 11.8 Å². The average molecular weight is 281 g/mol. The van der Waals surface area contributed by atoms with Gasteiger partial charge in [-0.05, 0) is 32.1 Å². The van der Waals surface area contributed by atoms with Crippen LogP contribution in [0.5, 0.6) is 0 Å². The van der Waals surface area contributed by atoms with E-state index in [1.165, 1.54) is 30.8 Å². The fourth-order valence-electron chi connectivity index (χ4n) is 2.38. The molecule has 0 aromatic carbocycles. The fourth-order valence-corrected chi connectivity index (χ4v) is 3.68. The van der Waals surface area contributed by atoms with E-state index in [4.69, 9.17) is 0 Å². The number of hydrogen-bond donors (Lipinski definition) is 1. The van der Waals surface area contributed by atoms with Gasteiger partial charge in [-0.15, -0.1) is 5.10 Å². The molecule has 2 fully saturated rings. The van der Waals surface area contributed by atoms with Crippen LogP contribution in [0.3, 0.4) is 0 Å². The SMILES string of the molecule is CN(CCn1cc(CNC2CC2)nn1)C1CCSC1. The minimum atomic E-state index is 0.733. The zero-order valence-electron chi connectivity index (χ0n) is 11.6. The normalized spacial score (nSPS) is 23.4. The van der Waals surface area contributed by atoms with Gasteiger partial charge in [-0.2, -0.15) is 11.8 Å².